The van der Waals surface area contributed by atoms with Gasteiger partial charge in [-0.2, -0.15) is 11.8 Å². The molecule has 0 amide bonds. The molecule has 1 aliphatic rings. The Labute approximate surface area is 147 Å². The summed E-state index contributed by atoms with van der Waals surface area (Å²) in [6.45, 7) is 7.72. The van der Waals surface area contributed by atoms with Crippen molar-refractivity contribution in [1.29, 1.82) is 0 Å². The largest absolute Gasteiger partial charge is 0.378 e. The van der Waals surface area contributed by atoms with E-state index in [1.54, 1.807) is 6.20 Å². The third kappa shape index (κ3) is 4.45. The quantitative estimate of drug-likeness (QED) is 0.800. The van der Waals surface area contributed by atoms with Gasteiger partial charge in [-0.15, -0.1) is 0 Å². The lowest BCUT2D eigenvalue weighted by molar-refractivity contribution is 0.122. The lowest BCUT2D eigenvalue weighted by atomic mass is 10.3. The van der Waals surface area contributed by atoms with Crippen molar-refractivity contribution in [3.8, 4) is 11.5 Å². The molecule has 3 heterocycles. The van der Waals surface area contributed by atoms with Crippen molar-refractivity contribution < 1.29 is 4.74 Å². The van der Waals surface area contributed by atoms with Gasteiger partial charge in [0, 0.05) is 36.4 Å². The van der Waals surface area contributed by atoms with Gasteiger partial charge in [0.05, 0.1) is 18.9 Å². The summed E-state index contributed by atoms with van der Waals surface area (Å²) in [5.74, 6) is 2.59. The van der Waals surface area contributed by atoms with Crippen molar-refractivity contribution >= 4 is 17.6 Å². The van der Waals surface area contributed by atoms with Gasteiger partial charge in [-0.25, -0.2) is 9.97 Å². The summed E-state index contributed by atoms with van der Waals surface area (Å²) in [7, 11) is 0. The fourth-order valence-electron chi connectivity index (χ4n) is 2.47. The summed E-state index contributed by atoms with van der Waals surface area (Å²) < 4.78 is 5.46. The van der Waals surface area contributed by atoms with E-state index in [-0.39, 0.29) is 0 Å². The Morgan fingerprint density at radius 2 is 2.08 bits per heavy atom. The van der Waals surface area contributed by atoms with Crippen LogP contribution in [0.25, 0.3) is 11.5 Å². The molecule has 1 atom stereocenters. The zero-order chi connectivity index (χ0) is 16.8. The number of ether oxygens (including phenoxy) is 1. The Kier molecular flexibility index (Phi) is 6.04. The first-order valence-corrected chi connectivity index (χ1v) is 9.55. The normalized spacial score (nSPS) is 16.2. The van der Waals surface area contributed by atoms with Crippen LogP contribution < -0.4 is 4.90 Å². The number of rotatable bonds is 6. The van der Waals surface area contributed by atoms with E-state index in [1.807, 2.05) is 30.0 Å². The molecule has 5 nitrogen and oxygen atoms in total. The Morgan fingerprint density at radius 3 is 2.79 bits per heavy atom. The van der Waals surface area contributed by atoms with Crippen LogP contribution in [0.15, 0.2) is 30.5 Å². The van der Waals surface area contributed by atoms with E-state index >= 15 is 0 Å². The first-order chi connectivity index (χ1) is 11.8. The number of aromatic nitrogens is 3. The van der Waals surface area contributed by atoms with Gasteiger partial charge >= 0.3 is 0 Å². The van der Waals surface area contributed by atoms with Crippen LogP contribution in [-0.4, -0.2) is 46.5 Å². The molecule has 0 radical (unpaired) electrons. The van der Waals surface area contributed by atoms with E-state index in [2.05, 4.69) is 29.8 Å². The Bertz CT molecular complexity index is 647. The predicted molar refractivity (Wildman–Crippen MR) is 99.3 cm³/mol. The predicted octanol–water partition coefficient (Wildman–Crippen LogP) is 3.41. The van der Waals surface area contributed by atoms with Crippen molar-refractivity contribution in [3.05, 3.63) is 36.2 Å². The summed E-state index contributed by atoms with van der Waals surface area (Å²) in [6.07, 6.45) is 2.95. The van der Waals surface area contributed by atoms with Crippen molar-refractivity contribution in [2.45, 2.75) is 31.3 Å². The summed E-state index contributed by atoms with van der Waals surface area (Å²) in [5.41, 5.74) is 1.89. The number of anilines is 1. The second-order valence-electron chi connectivity index (χ2n) is 5.89. The molecule has 0 N–H and O–H groups in total. The lowest BCUT2D eigenvalue weighted by Crippen LogP contribution is -2.37. The minimum absolute atomic E-state index is 0.630. The van der Waals surface area contributed by atoms with Crippen LogP contribution in [0.3, 0.4) is 0 Å². The van der Waals surface area contributed by atoms with E-state index in [0.29, 0.717) is 11.1 Å². The van der Waals surface area contributed by atoms with Crippen LogP contribution >= 0.6 is 11.8 Å². The molecule has 0 bridgehead atoms. The maximum atomic E-state index is 5.46. The molecule has 2 aromatic rings. The van der Waals surface area contributed by atoms with Gasteiger partial charge in [0.2, 0.25) is 0 Å². The SMILES string of the molecule is CCC(C)SCc1cc(N2CCOCC2)nc(-c2ccccn2)n1. The summed E-state index contributed by atoms with van der Waals surface area (Å²) in [5, 5.41) is 0.630. The van der Waals surface area contributed by atoms with Crippen molar-refractivity contribution in [2.24, 2.45) is 0 Å². The van der Waals surface area contributed by atoms with Gasteiger partial charge in [-0.05, 0) is 18.6 Å². The molecule has 24 heavy (non-hydrogen) atoms. The molecule has 1 saturated heterocycles. The van der Waals surface area contributed by atoms with Gasteiger partial charge < -0.3 is 9.64 Å². The van der Waals surface area contributed by atoms with Gasteiger partial charge in [0.25, 0.3) is 0 Å². The van der Waals surface area contributed by atoms with Gasteiger partial charge in [0.1, 0.15) is 11.5 Å². The first kappa shape index (κ1) is 17.2. The van der Waals surface area contributed by atoms with E-state index < -0.39 is 0 Å². The smallest absolute Gasteiger partial charge is 0.180 e. The van der Waals surface area contributed by atoms with Gasteiger partial charge in [-0.3, -0.25) is 4.98 Å². The summed E-state index contributed by atoms with van der Waals surface area (Å²) >= 11 is 1.93. The van der Waals surface area contributed by atoms with Crippen LogP contribution in [-0.2, 0) is 10.5 Å². The highest BCUT2D eigenvalue weighted by atomic mass is 32.2. The minimum atomic E-state index is 0.630. The molecular weight excluding hydrogens is 320 g/mol. The average molecular weight is 344 g/mol. The topological polar surface area (TPSA) is 51.1 Å². The maximum absolute atomic E-state index is 5.46. The van der Waals surface area contributed by atoms with E-state index in [0.717, 1.165) is 49.3 Å². The zero-order valence-corrected chi connectivity index (χ0v) is 15.1. The summed E-state index contributed by atoms with van der Waals surface area (Å²) in [4.78, 5) is 16.2. The van der Waals surface area contributed by atoms with Crippen LogP contribution in [0.2, 0.25) is 0 Å². The molecular formula is C18H24N4OS. The van der Waals surface area contributed by atoms with Crippen LogP contribution in [0.1, 0.15) is 26.0 Å². The number of pyridine rings is 1. The third-order valence-corrected chi connectivity index (χ3v) is 5.45. The van der Waals surface area contributed by atoms with E-state index in [1.165, 1.54) is 6.42 Å². The number of nitrogens with zero attached hydrogens (tertiary/aromatic N) is 4. The highest BCUT2D eigenvalue weighted by Gasteiger charge is 2.16. The van der Waals surface area contributed by atoms with Gasteiger partial charge in [-0.1, -0.05) is 19.9 Å². The molecule has 2 aromatic heterocycles. The standard InChI is InChI=1S/C18H24N4OS/c1-3-14(2)24-13-15-12-17(22-8-10-23-11-9-22)21-18(20-15)16-6-4-5-7-19-16/h4-7,12,14H,3,8-11,13H2,1-2H3. The van der Waals surface area contributed by atoms with Crippen molar-refractivity contribution in [2.75, 3.05) is 31.2 Å². The third-order valence-electron chi connectivity index (χ3n) is 4.09. The first-order valence-electron chi connectivity index (χ1n) is 8.50. The van der Waals surface area contributed by atoms with Gasteiger partial charge in [0.15, 0.2) is 5.82 Å². The van der Waals surface area contributed by atoms with Crippen molar-refractivity contribution in [3.63, 3.8) is 0 Å². The zero-order valence-electron chi connectivity index (χ0n) is 14.3. The van der Waals surface area contributed by atoms with Crippen LogP contribution in [0, 0.1) is 0 Å². The fourth-order valence-corrected chi connectivity index (χ4v) is 3.31. The van der Waals surface area contributed by atoms with E-state index in [9.17, 15) is 0 Å². The molecule has 3 rings (SSSR count). The number of thioether (sulfide) groups is 1. The molecule has 1 fully saturated rings. The molecule has 0 saturated carbocycles. The molecule has 6 heteroatoms. The Morgan fingerprint density at radius 1 is 1.25 bits per heavy atom. The maximum Gasteiger partial charge on any atom is 0.180 e. The minimum Gasteiger partial charge on any atom is -0.378 e. The monoisotopic (exact) mass is 344 g/mol. The molecule has 0 aliphatic carbocycles. The number of hydrogen-bond donors (Lipinski definition) is 0. The lowest BCUT2D eigenvalue weighted by Gasteiger charge is -2.28. The Balaban J connectivity index is 1.89. The Hall–Kier alpha value is -1.66. The number of hydrogen-bond acceptors (Lipinski definition) is 6. The van der Waals surface area contributed by atoms with Crippen molar-refractivity contribution in [1.82, 2.24) is 15.0 Å². The second kappa shape index (κ2) is 8.44. The average Bonchev–Trinajstić information content (AvgIpc) is 2.67. The molecule has 0 spiro atoms. The second-order valence-corrected chi connectivity index (χ2v) is 7.31. The molecule has 0 aromatic carbocycles. The number of morpholine rings is 1. The van der Waals surface area contributed by atoms with Crippen LogP contribution in [0.5, 0.6) is 0 Å². The highest BCUT2D eigenvalue weighted by Crippen LogP contribution is 2.24. The summed E-state index contributed by atoms with van der Waals surface area (Å²) in [6, 6.07) is 7.97. The molecule has 1 unspecified atom stereocenters. The molecule has 128 valence electrons. The fraction of sp³-hybridized carbons (Fsp3) is 0.500. The molecule has 1 aliphatic heterocycles. The van der Waals surface area contributed by atoms with Crippen LogP contribution in [0.4, 0.5) is 5.82 Å². The highest BCUT2D eigenvalue weighted by molar-refractivity contribution is 7.99. The van der Waals surface area contributed by atoms with E-state index in [4.69, 9.17) is 14.7 Å².